The molecule has 0 aliphatic carbocycles. The topological polar surface area (TPSA) is 12.0 Å². The summed E-state index contributed by atoms with van der Waals surface area (Å²) in [7, 11) is 0. The van der Waals surface area contributed by atoms with E-state index in [2.05, 4.69) is 27.9 Å². The van der Waals surface area contributed by atoms with Crippen molar-refractivity contribution in [2.75, 3.05) is 5.32 Å². The first-order valence-electron chi connectivity index (χ1n) is 5.64. The van der Waals surface area contributed by atoms with Crippen molar-refractivity contribution in [2.45, 2.75) is 13.0 Å². The molecule has 0 fully saturated rings. The second-order valence-electron chi connectivity index (χ2n) is 4.13. The van der Waals surface area contributed by atoms with Crippen LogP contribution in [0.5, 0.6) is 0 Å². The molecular formula is C14H11ClF2IN. The molecule has 1 atom stereocenters. The fourth-order valence-corrected chi connectivity index (χ4v) is 2.75. The SMILES string of the molecule is CC(Nc1ccc(I)cc1Cl)c1c(F)cccc1F. The summed E-state index contributed by atoms with van der Waals surface area (Å²) < 4.78 is 28.3. The zero-order chi connectivity index (χ0) is 14.0. The third kappa shape index (κ3) is 3.36. The van der Waals surface area contributed by atoms with Crippen LogP contribution in [0.1, 0.15) is 18.5 Å². The number of hydrogen-bond acceptors (Lipinski definition) is 1. The number of rotatable bonds is 3. The molecule has 0 aliphatic rings. The Kier molecular flexibility index (Phi) is 4.62. The van der Waals surface area contributed by atoms with Crippen LogP contribution >= 0.6 is 34.2 Å². The lowest BCUT2D eigenvalue weighted by Gasteiger charge is -2.18. The normalized spacial score (nSPS) is 12.3. The molecule has 0 bridgehead atoms. The molecule has 2 aromatic rings. The van der Waals surface area contributed by atoms with Crippen molar-refractivity contribution in [2.24, 2.45) is 0 Å². The van der Waals surface area contributed by atoms with Crippen LogP contribution in [0.2, 0.25) is 5.02 Å². The highest BCUT2D eigenvalue weighted by Crippen LogP contribution is 2.29. The molecule has 5 heteroatoms. The molecular weight excluding hydrogens is 383 g/mol. The van der Waals surface area contributed by atoms with Crippen molar-refractivity contribution in [3.8, 4) is 0 Å². The van der Waals surface area contributed by atoms with Gasteiger partial charge in [-0.2, -0.15) is 0 Å². The number of nitrogens with one attached hydrogen (secondary N) is 1. The molecule has 19 heavy (non-hydrogen) atoms. The lowest BCUT2D eigenvalue weighted by atomic mass is 10.1. The predicted molar refractivity (Wildman–Crippen MR) is 82.6 cm³/mol. The Morgan fingerprint density at radius 1 is 1.16 bits per heavy atom. The summed E-state index contributed by atoms with van der Waals surface area (Å²) in [5.74, 6) is -1.14. The monoisotopic (exact) mass is 393 g/mol. The number of anilines is 1. The van der Waals surface area contributed by atoms with Crippen LogP contribution in [0, 0.1) is 15.2 Å². The van der Waals surface area contributed by atoms with Crippen molar-refractivity contribution in [1.29, 1.82) is 0 Å². The van der Waals surface area contributed by atoms with E-state index >= 15 is 0 Å². The third-order valence-corrected chi connectivity index (χ3v) is 3.72. The molecule has 0 saturated heterocycles. The molecule has 2 aromatic carbocycles. The maximum Gasteiger partial charge on any atom is 0.131 e. The van der Waals surface area contributed by atoms with Gasteiger partial charge < -0.3 is 5.32 Å². The molecule has 0 saturated carbocycles. The first-order chi connectivity index (χ1) is 8.99. The summed E-state index contributed by atoms with van der Waals surface area (Å²) in [5, 5.41) is 3.54. The zero-order valence-electron chi connectivity index (χ0n) is 10.1. The lowest BCUT2D eigenvalue weighted by molar-refractivity contribution is 0.544. The average Bonchev–Trinajstić information content (AvgIpc) is 2.32. The third-order valence-electron chi connectivity index (χ3n) is 2.74. The Hall–Kier alpha value is -0.880. The van der Waals surface area contributed by atoms with Gasteiger partial charge in [-0.15, -0.1) is 0 Å². The van der Waals surface area contributed by atoms with E-state index in [9.17, 15) is 8.78 Å². The predicted octanol–water partition coefficient (Wildman–Crippen LogP) is 5.40. The van der Waals surface area contributed by atoms with Gasteiger partial charge in [-0.25, -0.2) is 8.78 Å². The van der Waals surface area contributed by atoms with Crippen molar-refractivity contribution < 1.29 is 8.78 Å². The van der Waals surface area contributed by atoms with Gasteiger partial charge in [-0.1, -0.05) is 17.7 Å². The van der Waals surface area contributed by atoms with Crippen LogP contribution in [0.3, 0.4) is 0 Å². The zero-order valence-corrected chi connectivity index (χ0v) is 13.0. The smallest absolute Gasteiger partial charge is 0.131 e. The molecule has 0 radical (unpaired) electrons. The summed E-state index contributed by atoms with van der Waals surface area (Å²) in [5.41, 5.74) is 0.661. The summed E-state index contributed by atoms with van der Waals surface area (Å²) in [6.45, 7) is 1.69. The van der Waals surface area contributed by atoms with E-state index in [4.69, 9.17) is 11.6 Å². The molecule has 0 spiro atoms. The van der Waals surface area contributed by atoms with Gasteiger partial charge in [0.15, 0.2) is 0 Å². The van der Waals surface area contributed by atoms with Gasteiger partial charge in [0.05, 0.1) is 16.8 Å². The molecule has 0 aromatic heterocycles. The van der Waals surface area contributed by atoms with Crippen LogP contribution in [-0.2, 0) is 0 Å². The highest BCUT2D eigenvalue weighted by Gasteiger charge is 2.16. The van der Waals surface area contributed by atoms with E-state index in [1.54, 1.807) is 19.1 Å². The van der Waals surface area contributed by atoms with E-state index < -0.39 is 17.7 Å². The Labute approximate surface area is 129 Å². The van der Waals surface area contributed by atoms with Crippen LogP contribution in [-0.4, -0.2) is 0 Å². The van der Waals surface area contributed by atoms with Gasteiger partial charge in [-0.3, -0.25) is 0 Å². The Morgan fingerprint density at radius 2 is 1.79 bits per heavy atom. The summed E-state index contributed by atoms with van der Waals surface area (Å²) in [6.07, 6.45) is 0. The highest BCUT2D eigenvalue weighted by atomic mass is 127. The molecule has 2 rings (SSSR count). The average molecular weight is 394 g/mol. The van der Waals surface area contributed by atoms with Gasteiger partial charge in [0.2, 0.25) is 0 Å². The van der Waals surface area contributed by atoms with Gasteiger partial charge in [0.25, 0.3) is 0 Å². The molecule has 100 valence electrons. The maximum absolute atomic E-state index is 13.7. The molecule has 0 amide bonds. The van der Waals surface area contributed by atoms with Crippen molar-refractivity contribution in [3.63, 3.8) is 0 Å². The minimum Gasteiger partial charge on any atom is -0.377 e. The van der Waals surface area contributed by atoms with Crippen LogP contribution in [0.4, 0.5) is 14.5 Å². The van der Waals surface area contributed by atoms with E-state index in [1.165, 1.54) is 18.2 Å². The second kappa shape index (κ2) is 6.05. The summed E-state index contributed by atoms with van der Waals surface area (Å²) in [6, 6.07) is 8.77. The van der Waals surface area contributed by atoms with Crippen molar-refractivity contribution >= 4 is 39.9 Å². The van der Waals surface area contributed by atoms with Crippen molar-refractivity contribution in [1.82, 2.24) is 0 Å². The molecule has 0 aliphatic heterocycles. The fraction of sp³-hybridized carbons (Fsp3) is 0.143. The largest absolute Gasteiger partial charge is 0.377 e. The minimum atomic E-state index is -0.568. The van der Waals surface area contributed by atoms with E-state index in [-0.39, 0.29) is 5.56 Å². The number of benzene rings is 2. The maximum atomic E-state index is 13.7. The fourth-order valence-electron chi connectivity index (χ4n) is 1.84. The van der Waals surface area contributed by atoms with E-state index in [0.717, 1.165) is 3.57 Å². The van der Waals surface area contributed by atoms with Crippen LogP contribution in [0.25, 0.3) is 0 Å². The van der Waals surface area contributed by atoms with Crippen molar-refractivity contribution in [3.05, 3.63) is 62.2 Å². The first kappa shape index (κ1) is 14.5. The van der Waals surface area contributed by atoms with Gasteiger partial charge in [0.1, 0.15) is 11.6 Å². The lowest BCUT2D eigenvalue weighted by Crippen LogP contribution is -2.11. The molecule has 0 heterocycles. The highest BCUT2D eigenvalue weighted by molar-refractivity contribution is 14.1. The first-order valence-corrected chi connectivity index (χ1v) is 7.10. The Bertz CT molecular complexity index is 584. The Morgan fingerprint density at radius 3 is 2.37 bits per heavy atom. The quantitative estimate of drug-likeness (QED) is 0.689. The number of hydrogen-bond donors (Lipinski definition) is 1. The van der Waals surface area contributed by atoms with E-state index in [1.807, 2.05) is 6.07 Å². The molecule has 1 unspecified atom stereocenters. The standard InChI is InChI=1S/C14H11ClF2IN/c1-8(14-11(16)3-2-4-12(14)17)19-13-6-5-9(18)7-10(13)15/h2-8,19H,1H3. The molecule has 1 N–H and O–H groups in total. The second-order valence-corrected chi connectivity index (χ2v) is 5.78. The van der Waals surface area contributed by atoms with Gasteiger partial charge >= 0.3 is 0 Å². The molecule has 1 nitrogen and oxygen atoms in total. The van der Waals surface area contributed by atoms with Crippen LogP contribution < -0.4 is 5.32 Å². The number of halogens is 4. The van der Waals surface area contributed by atoms with E-state index in [0.29, 0.717) is 10.7 Å². The summed E-state index contributed by atoms with van der Waals surface area (Å²) in [4.78, 5) is 0. The van der Waals surface area contributed by atoms with Crippen LogP contribution in [0.15, 0.2) is 36.4 Å². The summed E-state index contributed by atoms with van der Waals surface area (Å²) >= 11 is 8.23. The van der Waals surface area contributed by atoms with Gasteiger partial charge in [0, 0.05) is 9.13 Å². The van der Waals surface area contributed by atoms with Gasteiger partial charge in [-0.05, 0) is 59.8 Å². The Balaban J connectivity index is 2.28. The minimum absolute atomic E-state index is 0.0112.